The second-order valence-electron chi connectivity index (χ2n) is 4.57. The Morgan fingerprint density at radius 3 is 2.75 bits per heavy atom. The van der Waals surface area contributed by atoms with Crippen LogP contribution >= 0.6 is 0 Å². The normalized spacial score (nSPS) is 12.9. The van der Waals surface area contributed by atoms with Crippen molar-refractivity contribution in [2.75, 3.05) is 6.54 Å². The van der Waals surface area contributed by atoms with E-state index >= 15 is 0 Å². The highest BCUT2D eigenvalue weighted by molar-refractivity contribution is 5.14. The summed E-state index contributed by atoms with van der Waals surface area (Å²) in [5.74, 6) is 0. The molecule has 1 N–H and O–H groups in total. The Hall–Kier alpha value is -0.760. The van der Waals surface area contributed by atoms with Gasteiger partial charge in [-0.2, -0.15) is 0 Å². The van der Waals surface area contributed by atoms with Crippen LogP contribution in [0.2, 0.25) is 0 Å². The highest BCUT2D eigenvalue weighted by Crippen LogP contribution is 2.13. The van der Waals surface area contributed by atoms with E-state index in [0.717, 1.165) is 13.1 Å². The van der Waals surface area contributed by atoms with Crippen LogP contribution in [0.25, 0.3) is 0 Å². The summed E-state index contributed by atoms with van der Waals surface area (Å²) in [7, 11) is 0. The molecule has 0 saturated heterocycles. The number of unbranched alkanes of at least 4 members (excludes halogenated alkanes) is 2. The fourth-order valence-electron chi connectivity index (χ4n) is 1.88. The third-order valence-electron chi connectivity index (χ3n) is 2.99. The van der Waals surface area contributed by atoms with Gasteiger partial charge in [-0.1, -0.05) is 26.7 Å². The van der Waals surface area contributed by atoms with E-state index < -0.39 is 0 Å². The van der Waals surface area contributed by atoms with Crippen LogP contribution in [0.4, 0.5) is 0 Å². The van der Waals surface area contributed by atoms with Crippen LogP contribution in [0.3, 0.4) is 0 Å². The standard InChI is InChI=1S/C14H26N2/c1-4-6-7-10-16-11-8-14(12-16)13(3)15-9-5-2/h8,11-13,15H,4-7,9-10H2,1-3H3. The molecule has 92 valence electrons. The Morgan fingerprint density at radius 1 is 1.25 bits per heavy atom. The number of aromatic nitrogens is 1. The quantitative estimate of drug-likeness (QED) is 0.663. The molecule has 0 aliphatic rings. The average Bonchev–Trinajstić information content (AvgIpc) is 2.75. The van der Waals surface area contributed by atoms with E-state index in [4.69, 9.17) is 0 Å². The van der Waals surface area contributed by atoms with E-state index in [-0.39, 0.29) is 0 Å². The molecular formula is C14H26N2. The Bertz CT molecular complexity index is 278. The minimum Gasteiger partial charge on any atom is -0.354 e. The predicted molar refractivity (Wildman–Crippen MR) is 70.7 cm³/mol. The molecule has 0 bridgehead atoms. The molecule has 1 unspecified atom stereocenters. The Labute approximate surface area is 100 Å². The number of rotatable bonds is 8. The number of nitrogens with zero attached hydrogens (tertiary/aromatic N) is 1. The molecule has 0 aliphatic carbocycles. The summed E-state index contributed by atoms with van der Waals surface area (Å²) < 4.78 is 2.31. The van der Waals surface area contributed by atoms with Gasteiger partial charge in [-0.25, -0.2) is 0 Å². The van der Waals surface area contributed by atoms with Gasteiger partial charge in [0.15, 0.2) is 0 Å². The molecule has 0 amide bonds. The van der Waals surface area contributed by atoms with E-state index in [0.29, 0.717) is 6.04 Å². The summed E-state index contributed by atoms with van der Waals surface area (Å²) in [4.78, 5) is 0. The molecule has 0 radical (unpaired) electrons. The van der Waals surface area contributed by atoms with E-state index in [1.807, 2.05) is 0 Å². The molecular weight excluding hydrogens is 196 g/mol. The van der Waals surface area contributed by atoms with Crippen molar-refractivity contribution in [1.82, 2.24) is 9.88 Å². The zero-order valence-corrected chi connectivity index (χ0v) is 11.0. The van der Waals surface area contributed by atoms with Gasteiger partial charge in [0, 0.05) is 25.0 Å². The largest absolute Gasteiger partial charge is 0.354 e. The maximum Gasteiger partial charge on any atom is 0.0306 e. The summed E-state index contributed by atoms with van der Waals surface area (Å²) in [6.07, 6.45) is 9.60. The molecule has 0 spiro atoms. The first kappa shape index (κ1) is 13.3. The van der Waals surface area contributed by atoms with E-state index in [1.54, 1.807) is 0 Å². The van der Waals surface area contributed by atoms with Crippen molar-refractivity contribution in [2.24, 2.45) is 0 Å². The summed E-state index contributed by atoms with van der Waals surface area (Å²) in [5, 5.41) is 3.52. The van der Waals surface area contributed by atoms with Gasteiger partial charge in [-0.05, 0) is 37.9 Å². The lowest BCUT2D eigenvalue weighted by molar-refractivity contribution is 0.564. The Morgan fingerprint density at radius 2 is 2.06 bits per heavy atom. The summed E-state index contributed by atoms with van der Waals surface area (Å²) >= 11 is 0. The Balaban J connectivity index is 2.37. The Kier molecular flexibility index (Phi) is 6.24. The molecule has 16 heavy (non-hydrogen) atoms. The second-order valence-corrected chi connectivity index (χ2v) is 4.57. The fraction of sp³-hybridized carbons (Fsp3) is 0.714. The summed E-state index contributed by atoms with van der Waals surface area (Å²) in [6, 6.07) is 2.71. The van der Waals surface area contributed by atoms with Crippen molar-refractivity contribution >= 4 is 0 Å². The van der Waals surface area contributed by atoms with Crippen LogP contribution in [0.1, 0.15) is 58.1 Å². The maximum absolute atomic E-state index is 3.52. The molecule has 1 atom stereocenters. The van der Waals surface area contributed by atoms with Gasteiger partial charge < -0.3 is 9.88 Å². The minimum absolute atomic E-state index is 0.479. The molecule has 2 nitrogen and oxygen atoms in total. The molecule has 0 saturated carbocycles. The minimum atomic E-state index is 0.479. The monoisotopic (exact) mass is 222 g/mol. The van der Waals surface area contributed by atoms with Crippen molar-refractivity contribution in [2.45, 2.75) is 59.0 Å². The van der Waals surface area contributed by atoms with Crippen molar-refractivity contribution in [1.29, 1.82) is 0 Å². The topological polar surface area (TPSA) is 17.0 Å². The predicted octanol–water partition coefficient (Wildman–Crippen LogP) is 3.74. The zero-order chi connectivity index (χ0) is 11.8. The lowest BCUT2D eigenvalue weighted by Crippen LogP contribution is -2.18. The maximum atomic E-state index is 3.52. The third kappa shape index (κ3) is 4.40. The fourth-order valence-corrected chi connectivity index (χ4v) is 1.88. The highest BCUT2D eigenvalue weighted by Gasteiger charge is 2.05. The van der Waals surface area contributed by atoms with Crippen molar-refractivity contribution in [3.05, 3.63) is 24.0 Å². The zero-order valence-electron chi connectivity index (χ0n) is 11.0. The van der Waals surface area contributed by atoms with Gasteiger partial charge >= 0.3 is 0 Å². The lowest BCUT2D eigenvalue weighted by Gasteiger charge is -2.11. The first-order valence-corrected chi connectivity index (χ1v) is 6.67. The molecule has 0 fully saturated rings. The van der Waals surface area contributed by atoms with E-state index in [9.17, 15) is 0 Å². The van der Waals surface area contributed by atoms with Gasteiger partial charge in [0.25, 0.3) is 0 Å². The van der Waals surface area contributed by atoms with Crippen LogP contribution in [-0.2, 0) is 6.54 Å². The molecule has 1 heterocycles. The molecule has 1 aromatic heterocycles. The van der Waals surface area contributed by atoms with Crippen LogP contribution < -0.4 is 5.32 Å². The van der Waals surface area contributed by atoms with E-state index in [2.05, 4.69) is 49.1 Å². The van der Waals surface area contributed by atoms with Crippen molar-refractivity contribution in [3.63, 3.8) is 0 Å². The van der Waals surface area contributed by atoms with Crippen LogP contribution in [0.15, 0.2) is 18.5 Å². The van der Waals surface area contributed by atoms with Crippen molar-refractivity contribution in [3.8, 4) is 0 Å². The smallest absolute Gasteiger partial charge is 0.0306 e. The number of aryl methyl sites for hydroxylation is 1. The summed E-state index contributed by atoms with van der Waals surface area (Å²) in [6.45, 7) is 8.95. The highest BCUT2D eigenvalue weighted by atomic mass is 15.0. The molecule has 0 aromatic carbocycles. The number of hydrogen-bond donors (Lipinski definition) is 1. The lowest BCUT2D eigenvalue weighted by atomic mass is 10.2. The van der Waals surface area contributed by atoms with E-state index in [1.165, 1.54) is 31.2 Å². The van der Waals surface area contributed by atoms with Gasteiger partial charge in [0.1, 0.15) is 0 Å². The summed E-state index contributed by atoms with van der Waals surface area (Å²) in [5.41, 5.74) is 1.41. The van der Waals surface area contributed by atoms with Gasteiger partial charge in [-0.15, -0.1) is 0 Å². The third-order valence-corrected chi connectivity index (χ3v) is 2.99. The van der Waals surface area contributed by atoms with Gasteiger partial charge in [0.2, 0.25) is 0 Å². The van der Waals surface area contributed by atoms with Crippen LogP contribution in [-0.4, -0.2) is 11.1 Å². The van der Waals surface area contributed by atoms with Gasteiger partial charge in [0.05, 0.1) is 0 Å². The number of hydrogen-bond acceptors (Lipinski definition) is 1. The molecule has 1 rings (SSSR count). The van der Waals surface area contributed by atoms with Crippen LogP contribution in [0.5, 0.6) is 0 Å². The SMILES string of the molecule is CCCCCn1ccc(C(C)NCCC)c1. The molecule has 0 aliphatic heterocycles. The van der Waals surface area contributed by atoms with Crippen molar-refractivity contribution < 1.29 is 0 Å². The second kappa shape index (κ2) is 7.50. The first-order chi connectivity index (χ1) is 7.77. The average molecular weight is 222 g/mol. The molecule has 2 heteroatoms. The first-order valence-electron chi connectivity index (χ1n) is 6.67. The van der Waals surface area contributed by atoms with Crippen LogP contribution in [0, 0.1) is 0 Å². The number of nitrogens with one attached hydrogen (secondary N) is 1. The molecule has 1 aromatic rings. The van der Waals surface area contributed by atoms with Gasteiger partial charge in [-0.3, -0.25) is 0 Å².